The van der Waals surface area contributed by atoms with Gasteiger partial charge < -0.3 is 10.1 Å². The van der Waals surface area contributed by atoms with Crippen LogP contribution < -0.4 is 5.32 Å². The van der Waals surface area contributed by atoms with E-state index in [0.717, 1.165) is 19.4 Å². The maximum absolute atomic E-state index is 11.9. The zero-order chi connectivity index (χ0) is 13.6. The molecule has 0 aliphatic rings. The molecular weight excluding hydrogens is 236 g/mol. The van der Waals surface area contributed by atoms with Crippen LogP contribution >= 0.6 is 0 Å². The first kappa shape index (κ1) is 17.8. The Balaban J connectivity index is 3.52. The Morgan fingerprint density at radius 1 is 1.00 bits per heavy atom. The van der Waals surface area contributed by atoms with Crippen molar-refractivity contribution in [3.63, 3.8) is 0 Å². The molecule has 18 heavy (non-hydrogen) atoms. The van der Waals surface area contributed by atoms with Crippen molar-refractivity contribution in [2.75, 3.05) is 19.8 Å². The predicted octanol–water partition coefficient (Wildman–Crippen LogP) is 4.00. The van der Waals surface area contributed by atoms with Crippen LogP contribution in [0, 0.1) is 0 Å². The maximum atomic E-state index is 11.9. The first-order valence-corrected chi connectivity index (χ1v) is 7.29. The first-order chi connectivity index (χ1) is 8.70. The molecule has 110 valence electrons. The summed E-state index contributed by atoms with van der Waals surface area (Å²) in [5.41, 5.74) is 0. The van der Waals surface area contributed by atoms with E-state index in [1.807, 2.05) is 0 Å². The first-order valence-electron chi connectivity index (χ1n) is 7.29. The lowest BCUT2D eigenvalue weighted by Gasteiger charge is -2.17. The summed E-state index contributed by atoms with van der Waals surface area (Å²) in [6.07, 6.45) is 5.96. The standard InChI is InChI=1S/C14H29F2NO/c1-3-5-6-7-8-9-13(17-4-2)10-11-18-12-14(15)16/h13-14,17H,3-12H2,1-2H3. The summed E-state index contributed by atoms with van der Waals surface area (Å²) in [5.74, 6) is 0. The lowest BCUT2D eigenvalue weighted by Crippen LogP contribution is -2.30. The lowest BCUT2D eigenvalue weighted by atomic mass is 10.0. The minimum atomic E-state index is -2.35. The van der Waals surface area contributed by atoms with E-state index in [9.17, 15) is 8.78 Å². The van der Waals surface area contributed by atoms with Gasteiger partial charge in [-0.2, -0.15) is 0 Å². The van der Waals surface area contributed by atoms with Gasteiger partial charge in [-0.3, -0.25) is 0 Å². The van der Waals surface area contributed by atoms with Crippen molar-refractivity contribution in [1.29, 1.82) is 0 Å². The summed E-state index contributed by atoms with van der Waals surface area (Å²) < 4.78 is 28.7. The van der Waals surface area contributed by atoms with Crippen LogP contribution in [0.3, 0.4) is 0 Å². The fourth-order valence-electron chi connectivity index (χ4n) is 2.03. The molecule has 0 aliphatic carbocycles. The SMILES string of the molecule is CCCCCCCC(CCOCC(F)F)NCC. The third kappa shape index (κ3) is 12.2. The van der Waals surface area contributed by atoms with Crippen molar-refractivity contribution in [1.82, 2.24) is 5.32 Å². The number of unbranched alkanes of at least 4 members (excludes halogenated alkanes) is 4. The molecule has 4 heteroatoms. The molecule has 0 saturated heterocycles. The van der Waals surface area contributed by atoms with Crippen molar-refractivity contribution in [2.45, 2.75) is 71.3 Å². The van der Waals surface area contributed by atoms with Gasteiger partial charge in [-0.25, -0.2) is 8.78 Å². The highest BCUT2D eigenvalue weighted by Gasteiger charge is 2.08. The van der Waals surface area contributed by atoms with Gasteiger partial charge in [0, 0.05) is 12.6 Å². The van der Waals surface area contributed by atoms with Crippen LogP contribution in [0.15, 0.2) is 0 Å². The van der Waals surface area contributed by atoms with Crippen molar-refractivity contribution < 1.29 is 13.5 Å². The van der Waals surface area contributed by atoms with Crippen LogP contribution in [0.2, 0.25) is 0 Å². The molecule has 2 nitrogen and oxygen atoms in total. The molecule has 0 bridgehead atoms. The quantitative estimate of drug-likeness (QED) is 0.508. The number of hydrogen-bond donors (Lipinski definition) is 1. The van der Waals surface area contributed by atoms with E-state index in [-0.39, 0.29) is 0 Å². The molecule has 0 radical (unpaired) electrons. The molecule has 0 aromatic heterocycles. The molecule has 0 saturated carbocycles. The molecule has 0 fully saturated rings. The van der Waals surface area contributed by atoms with E-state index in [2.05, 4.69) is 19.2 Å². The largest absolute Gasteiger partial charge is 0.375 e. The molecule has 1 atom stereocenters. The zero-order valence-electron chi connectivity index (χ0n) is 11.9. The number of nitrogens with one attached hydrogen (secondary N) is 1. The molecule has 0 amide bonds. The number of hydrogen-bond acceptors (Lipinski definition) is 2. The van der Waals surface area contributed by atoms with Gasteiger partial charge in [-0.1, -0.05) is 46.0 Å². The van der Waals surface area contributed by atoms with Gasteiger partial charge in [-0.15, -0.1) is 0 Å². The summed E-state index contributed by atoms with van der Waals surface area (Å²) in [4.78, 5) is 0. The highest BCUT2D eigenvalue weighted by Crippen LogP contribution is 2.09. The Hall–Kier alpha value is -0.220. The fourth-order valence-corrected chi connectivity index (χ4v) is 2.03. The Labute approximate surface area is 110 Å². The van der Waals surface area contributed by atoms with Gasteiger partial charge in [0.05, 0.1) is 0 Å². The number of halogens is 2. The van der Waals surface area contributed by atoms with Crippen LogP contribution in [0.5, 0.6) is 0 Å². The van der Waals surface area contributed by atoms with Gasteiger partial charge in [0.15, 0.2) is 0 Å². The Morgan fingerprint density at radius 3 is 2.33 bits per heavy atom. The molecule has 0 rings (SSSR count). The van der Waals surface area contributed by atoms with Crippen molar-refractivity contribution in [2.24, 2.45) is 0 Å². The van der Waals surface area contributed by atoms with Crippen LogP contribution in [-0.4, -0.2) is 32.2 Å². The van der Waals surface area contributed by atoms with E-state index in [1.54, 1.807) is 0 Å². The molecular formula is C14H29F2NO. The second-order valence-corrected chi connectivity index (χ2v) is 4.71. The minimum Gasteiger partial charge on any atom is -0.375 e. The number of rotatable bonds is 13. The molecule has 0 heterocycles. The smallest absolute Gasteiger partial charge is 0.261 e. The topological polar surface area (TPSA) is 21.3 Å². The van der Waals surface area contributed by atoms with Crippen molar-refractivity contribution in [3.05, 3.63) is 0 Å². The van der Waals surface area contributed by atoms with Crippen molar-refractivity contribution in [3.8, 4) is 0 Å². The van der Waals surface area contributed by atoms with Crippen LogP contribution in [0.1, 0.15) is 58.8 Å². The third-order valence-electron chi connectivity index (χ3n) is 3.00. The molecule has 1 N–H and O–H groups in total. The highest BCUT2D eigenvalue weighted by molar-refractivity contribution is 4.66. The summed E-state index contributed by atoms with van der Waals surface area (Å²) in [6, 6.07) is 0.411. The predicted molar refractivity (Wildman–Crippen MR) is 72.3 cm³/mol. The molecule has 0 aromatic rings. The average molecular weight is 265 g/mol. The fraction of sp³-hybridized carbons (Fsp3) is 1.00. The highest BCUT2D eigenvalue weighted by atomic mass is 19.3. The van der Waals surface area contributed by atoms with Gasteiger partial charge in [0.2, 0.25) is 0 Å². The van der Waals surface area contributed by atoms with Gasteiger partial charge in [0.1, 0.15) is 6.61 Å². The normalized spacial score (nSPS) is 13.2. The second kappa shape index (κ2) is 13.2. The zero-order valence-corrected chi connectivity index (χ0v) is 11.9. The minimum absolute atomic E-state index is 0.411. The van der Waals surface area contributed by atoms with E-state index < -0.39 is 13.0 Å². The Morgan fingerprint density at radius 2 is 1.72 bits per heavy atom. The Bertz CT molecular complexity index is 168. The van der Waals surface area contributed by atoms with Gasteiger partial charge in [0.25, 0.3) is 6.43 Å². The summed E-state index contributed by atoms with van der Waals surface area (Å²) in [7, 11) is 0. The van der Waals surface area contributed by atoms with E-state index in [0.29, 0.717) is 12.6 Å². The molecule has 0 aromatic carbocycles. The van der Waals surface area contributed by atoms with Gasteiger partial charge >= 0.3 is 0 Å². The number of alkyl halides is 2. The van der Waals surface area contributed by atoms with E-state index in [1.165, 1.54) is 32.1 Å². The molecule has 1 unspecified atom stereocenters. The second-order valence-electron chi connectivity index (χ2n) is 4.71. The van der Waals surface area contributed by atoms with Crippen molar-refractivity contribution >= 4 is 0 Å². The number of ether oxygens (including phenoxy) is 1. The Kier molecular flexibility index (Phi) is 13.1. The van der Waals surface area contributed by atoms with E-state index >= 15 is 0 Å². The van der Waals surface area contributed by atoms with E-state index in [4.69, 9.17) is 4.74 Å². The molecule has 0 aliphatic heterocycles. The lowest BCUT2D eigenvalue weighted by molar-refractivity contribution is 0.0142. The summed E-state index contributed by atoms with van der Waals surface area (Å²) in [5, 5.41) is 3.39. The maximum Gasteiger partial charge on any atom is 0.261 e. The monoisotopic (exact) mass is 265 g/mol. The summed E-state index contributed by atoms with van der Waals surface area (Å²) >= 11 is 0. The molecule has 0 spiro atoms. The van der Waals surface area contributed by atoms with Crippen LogP contribution in [0.25, 0.3) is 0 Å². The summed E-state index contributed by atoms with van der Waals surface area (Å²) in [6.45, 7) is 5.20. The van der Waals surface area contributed by atoms with Crippen LogP contribution in [-0.2, 0) is 4.74 Å². The van der Waals surface area contributed by atoms with Crippen LogP contribution in [0.4, 0.5) is 8.78 Å². The average Bonchev–Trinajstić information content (AvgIpc) is 2.33. The third-order valence-corrected chi connectivity index (χ3v) is 3.00. The van der Waals surface area contributed by atoms with Gasteiger partial charge in [-0.05, 0) is 19.4 Å².